The molecule has 1 aromatic heterocycles. The Morgan fingerprint density at radius 3 is 2.69 bits per heavy atom. The third-order valence-corrected chi connectivity index (χ3v) is 6.30. The van der Waals surface area contributed by atoms with Gasteiger partial charge in [-0.15, -0.1) is 0 Å². The number of nitrogens with zero attached hydrogens (tertiary/aromatic N) is 2. The molecule has 4 heteroatoms. The summed E-state index contributed by atoms with van der Waals surface area (Å²) in [5.74, 6) is 1.19. The van der Waals surface area contributed by atoms with E-state index in [1.54, 1.807) is 0 Å². The lowest BCUT2D eigenvalue weighted by Gasteiger charge is -2.37. The Morgan fingerprint density at radius 1 is 1.15 bits per heavy atom. The van der Waals surface area contributed by atoms with Crippen molar-refractivity contribution in [2.24, 2.45) is 5.92 Å². The first-order chi connectivity index (χ1) is 12.6. The third kappa shape index (κ3) is 3.80. The van der Waals surface area contributed by atoms with Crippen molar-refractivity contribution < 1.29 is 5.11 Å². The second kappa shape index (κ2) is 7.67. The monoisotopic (exact) mass is 370 g/mol. The molecule has 0 spiro atoms. The fourth-order valence-corrected chi connectivity index (χ4v) is 4.89. The van der Waals surface area contributed by atoms with E-state index in [0.29, 0.717) is 17.0 Å². The van der Waals surface area contributed by atoms with Crippen molar-refractivity contribution in [2.45, 2.75) is 44.6 Å². The first kappa shape index (κ1) is 18.0. The largest absolute Gasteiger partial charge is 0.387 e. The van der Waals surface area contributed by atoms with Gasteiger partial charge < -0.3 is 10.0 Å². The van der Waals surface area contributed by atoms with Crippen LogP contribution in [0.1, 0.15) is 53.7 Å². The zero-order chi connectivity index (χ0) is 18.1. The van der Waals surface area contributed by atoms with Crippen LogP contribution in [0.3, 0.4) is 0 Å². The predicted octanol–water partition coefficient (Wildman–Crippen LogP) is 4.52. The maximum atomic E-state index is 10.5. The van der Waals surface area contributed by atoms with Gasteiger partial charge in [-0.05, 0) is 80.3 Å². The Morgan fingerprint density at radius 2 is 1.92 bits per heavy atom. The van der Waals surface area contributed by atoms with Gasteiger partial charge in [0.1, 0.15) is 5.15 Å². The van der Waals surface area contributed by atoms with Crippen molar-refractivity contribution in [1.29, 1.82) is 0 Å². The molecular formula is C22H27ClN2O. The fraction of sp³-hybridized carbons (Fsp3) is 0.500. The maximum Gasteiger partial charge on any atom is 0.129 e. The quantitative estimate of drug-likeness (QED) is 0.807. The number of hydrogen-bond acceptors (Lipinski definition) is 3. The molecule has 2 aliphatic rings. The summed E-state index contributed by atoms with van der Waals surface area (Å²) in [7, 11) is 0. The summed E-state index contributed by atoms with van der Waals surface area (Å²) in [6.07, 6.45) is 3.76. The summed E-state index contributed by atoms with van der Waals surface area (Å²) < 4.78 is 0. The van der Waals surface area contributed by atoms with Crippen LogP contribution in [0.15, 0.2) is 36.4 Å². The Bertz CT molecular complexity index is 770. The van der Waals surface area contributed by atoms with Crippen LogP contribution >= 0.6 is 11.6 Å². The van der Waals surface area contributed by atoms with Crippen LogP contribution in [0.5, 0.6) is 0 Å². The zero-order valence-electron chi connectivity index (χ0n) is 15.4. The SMILES string of the molecule is Cc1ccccc1C1CCN(C[C@@H]2Cc3ccc(Cl)nc3[C@@H](O)C2)CC1. The zero-order valence-corrected chi connectivity index (χ0v) is 16.1. The van der Waals surface area contributed by atoms with E-state index in [0.717, 1.165) is 43.7 Å². The summed E-state index contributed by atoms with van der Waals surface area (Å²) in [6.45, 7) is 5.59. The van der Waals surface area contributed by atoms with E-state index in [-0.39, 0.29) is 0 Å². The second-order valence-corrected chi connectivity index (χ2v) is 8.32. The van der Waals surface area contributed by atoms with E-state index in [1.807, 2.05) is 12.1 Å². The Hall–Kier alpha value is -1.42. The lowest BCUT2D eigenvalue weighted by Crippen LogP contribution is -2.38. The predicted molar refractivity (Wildman–Crippen MR) is 106 cm³/mol. The minimum atomic E-state index is -0.480. The van der Waals surface area contributed by atoms with Crippen LogP contribution in [-0.4, -0.2) is 34.6 Å². The molecule has 1 aliphatic carbocycles. The summed E-state index contributed by atoms with van der Waals surface area (Å²) in [4.78, 5) is 6.91. The molecular weight excluding hydrogens is 344 g/mol. The smallest absolute Gasteiger partial charge is 0.129 e. The summed E-state index contributed by atoms with van der Waals surface area (Å²) in [5, 5.41) is 10.9. The normalized spacial score (nSPS) is 24.4. The number of benzene rings is 1. The molecule has 3 nitrogen and oxygen atoms in total. The van der Waals surface area contributed by atoms with Crippen LogP contribution in [0.2, 0.25) is 5.15 Å². The van der Waals surface area contributed by atoms with E-state index in [1.165, 1.54) is 24.0 Å². The number of hydrogen-bond donors (Lipinski definition) is 1. The fourth-order valence-electron chi connectivity index (χ4n) is 4.74. The average molecular weight is 371 g/mol. The molecule has 26 heavy (non-hydrogen) atoms. The van der Waals surface area contributed by atoms with Crippen LogP contribution in [-0.2, 0) is 6.42 Å². The van der Waals surface area contributed by atoms with Gasteiger partial charge in [-0.2, -0.15) is 0 Å². The van der Waals surface area contributed by atoms with E-state index >= 15 is 0 Å². The van der Waals surface area contributed by atoms with Gasteiger partial charge in [0.2, 0.25) is 0 Å². The van der Waals surface area contributed by atoms with Crippen LogP contribution in [0.4, 0.5) is 0 Å². The average Bonchev–Trinajstić information content (AvgIpc) is 2.64. The highest BCUT2D eigenvalue weighted by atomic mass is 35.5. The molecule has 2 aromatic rings. The van der Waals surface area contributed by atoms with Gasteiger partial charge in [0.05, 0.1) is 11.8 Å². The van der Waals surface area contributed by atoms with Gasteiger partial charge in [-0.3, -0.25) is 0 Å². The molecule has 0 saturated carbocycles. The van der Waals surface area contributed by atoms with Gasteiger partial charge in [0.15, 0.2) is 0 Å². The molecule has 0 bridgehead atoms. The number of rotatable bonds is 3. The summed E-state index contributed by atoms with van der Waals surface area (Å²) >= 11 is 5.98. The number of aryl methyl sites for hydroxylation is 1. The lowest BCUT2D eigenvalue weighted by atomic mass is 9.83. The lowest BCUT2D eigenvalue weighted by molar-refractivity contribution is 0.101. The number of likely N-dealkylation sites (tertiary alicyclic amines) is 1. The summed E-state index contributed by atoms with van der Waals surface area (Å²) in [6, 6.07) is 12.7. The van der Waals surface area contributed by atoms with Gasteiger partial charge in [-0.1, -0.05) is 41.9 Å². The van der Waals surface area contributed by atoms with E-state index in [4.69, 9.17) is 11.6 Å². The molecule has 2 heterocycles. The molecule has 1 aromatic carbocycles. The highest BCUT2D eigenvalue weighted by Gasteiger charge is 2.30. The van der Waals surface area contributed by atoms with Crippen molar-refractivity contribution in [3.63, 3.8) is 0 Å². The van der Waals surface area contributed by atoms with E-state index in [9.17, 15) is 5.11 Å². The molecule has 1 aliphatic heterocycles. The second-order valence-electron chi connectivity index (χ2n) is 7.93. The molecule has 1 saturated heterocycles. The number of aromatic nitrogens is 1. The highest BCUT2D eigenvalue weighted by Crippen LogP contribution is 2.35. The molecule has 1 fully saturated rings. The standard InChI is InChI=1S/C22H27ClN2O/c1-15-4-2-3-5-19(15)17-8-10-25(11-9-17)14-16-12-18-6-7-21(23)24-22(18)20(26)13-16/h2-7,16-17,20,26H,8-14H2,1H3/t16-,20+/m1/s1. The Kier molecular flexibility index (Phi) is 5.30. The minimum absolute atomic E-state index is 0.472. The Balaban J connectivity index is 1.35. The van der Waals surface area contributed by atoms with Crippen molar-refractivity contribution in [2.75, 3.05) is 19.6 Å². The van der Waals surface area contributed by atoms with Crippen molar-refractivity contribution in [3.05, 3.63) is 63.9 Å². The molecule has 138 valence electrons. The molecule has 0 amide bonds. The molecule has 1 N–H and O–H groups in total. The van der Waals surface area contributed by atoms with Gasteiger partial charge in [0, 0.05) is 6.54 Å². The van der Waals surface area contributed by atoms with Gasteiger partial charge >= 0.3 is 0 Å². The first-order valence-electron chi connectivity index (χ1n) is 9.71. The van der Waals surface area contributed by atoms with E-state index < -0.39 is 6.10 Å². The van der Waals surface area contributed by atoms with Crippen molar-refractivity contribution in [3.8, 4) is 0 Å². The number of aliphatic hydroxyl groups is 1. The Labute approximate surface area is 161 Å². The molecule has 0 radical (unpaired) electrons. The van der Waals surface area contributed by atoms with Gasteiger partial charge in [0.25, 0.3) is 0 Å². The van der Waals surface area contributed by atoms with Crippen LogP contribution in [0, 0.1) is 12.8 Å². The minimum Gasteiger partial charge on any atom is -0.387 e. The number of fused-ring (bicyclic) bond motifs is 1. The third-order valence-electron chi connectivity index (χ3n) is 6.09. The maximum absolute atomic E-state index is 10.5. The number of aliphatic hydroxyl groups excluding tert-OH is 1. The van der Waals surface area contributed by atoms with Crippen molar-refractivity contribution in [1.82, 2.24) is 9.88 Å². The molecule has 4 rings (SSSR count). The van der Waals surface area contributed by atoms with Crippen LogP contribution < -0.4 is 0 Å². The van der Waals surface area contributed by atoms with Crippen LogP contribution in [0.25, 0.3) is 0 Å². The number of piperidine rings is 1. The van der Waals surface area contributed by atoms with Crippen molar-refractivity contribution >= 4 is 11.6 Å². The van der Waals surface area contributed by atoms with Gasteiger partial charge in [-0.25, -0.2) is 4.98 Å². The van der Waals surface area contributed by atoms with E-state index in [2.05, 4.69) is 41.1 Å². The number of pyridine rings is 1. The molecule has 0 unspecified atom stereocenters. The topological polar surface area (TPSA) is 36.4 Å². The molecule has 2 atom stereocenters. The first-order valence-corrected chi connectivity index (χ1v) is 10.1. The number of halogens is 1. The summed E-state index contributed by atoms with van der Waals surface area (Å²) in [5.41, 5.74) is 4.89. The highest BCUT2D eigenvalue weighted by molar-refractivity contribution is 6.29.